The molecule has 1 amide bonds. The molecule has 0 spiro atoms. The molecule has 0 N–H and O–H groups in total. The molecule has 0 fully saturated rings. The van der Waals surface area contributed by atoms with Crippen LogP contribution < -0.4 is 4.74 Å². The fourth-order valence-corrected chi connectivity index (χ4v) is 3.86. The maximum absolute atomic E-state index is 13.4. The Morgan fingerprint density at radius 3 is 2.38 bits per heavy atom. The van der Waals surface area contributed by atoms with Crippen LogP contribution in [0.25, 0.3) is 16.7 Å². The number of imidazole rings is 1. The Balaban J connectivity index is 1.69. The van der Waals surface area contributed by atoms with Crippen LogP contribution in [-0.4, -0.2) is 33.5 Å². The lowest BCUT2D eigenvalue weighted by molar-refractivity contribution is 0.0736. The molecule has 5 heteroatoms. The van der Waals surface area contributed by atoms with E-state index in [1.807, 2.05) is 72.5 Å². The molecule has 4 rings (SSSR count). The molecule has 0 saturated heterocycles. The highest BCUT2D eigenvalue weighted by molar-refractivity contribution is 5.94. The van der Waals surface area contributed by atoms with Crippen molar-refractivity contribution in [2.24, 2.45) is 0 Å². The molecule has 0 aliphatic rings. The van der Waals surface area contributed by atoms with Gasteiger partial charge < -0.3 is 9.64 Å². The molecular weight excluding hydrogens is 398 g/mol. The Morgan fingerprint density at radius 1 is 0.938 bits per heavy atom. The van der Waals surface area contributed by atoms with E-state index >= 15 is 0 Å². The SMILES string of the molecule is CCCCN(Cc1nc2ccccc2n1-c1ccccc1)C(=O)c1ccc(OCC)cc1. The van der Waals surface area contributed by atoms with Gasteiger partial charge in [0.05, 0.1) is 24.2 Å². The molecule has 0 saturated carbocycles. The van der Waals surface area contributed by atoms with E-state index in [-0.39, 0.29) is 5.91 Å². The van der Waals surface area contributed by atoms with Crippen molar-refractivity contribution >= 4 is 16.9 Å². The average Bonchev–Trinajstić information content (AvgIpc) is 3.20. The summed E-state index contributed by atoms with van der Waals surface area (Å²) in [4.78, 5) is 20.2. The standard InChI is InChI=1S/C27H29N3O2/c1-3-5-19-29(27(31)21-15-17-23(18-16-21)32-4-2)20-26-28-24-13-9-10-14-25(24)30(26)22-11-7-6-8-12-22/h6-18H,3-5,19-20H2,1-2H3. The lowest BCUT2D eigenvalue weighted by Crippen LogP contribution is -2.32. The fourth-order valence-electron chi connectivity index (χ4n) is 3.86. The van der Waals surface area contributed by atoms with Gasteiger partial charge in [0, 0.05) is 17.8 Å². The fraction of sp³-hybridized carbons (Fsp3) is 0.259. The van der Waals surface area contributed by atoms with E-state index in [1.54, 1.807) is 0 Å². The molecule has 0 aliphatic carbocycles. The number of rotatable bonds is 9. The first-order valence-electron chi connectivity index (χ1n) is 11.2. The maximum atomic E-state index is 13.4. The number of unbranched alkanes of at least 4 members (excludes halogenated alkanes) is 1. The number of hydrogen-bond acceptors (Lipinski definition) is 3. The van der Waals surface area contributed by atoms with Gasteiger partial charge in [0.15, 0.2) is 0 Å². The number of para-hydroxylation sites is 3. The molecule has 0 aliphatic heterocycles. The zero-order chi connectivity index (χ0) is 22.3. The van der Waals surface area contributed by atoms with Crippen LogP contribution in [0, 0.1) is 0 Å². The molecule has 4 aromatic rings. The second-order valence-electron chi connectivity index (χ2n) is 7.73. The normalized spacial score (nSPS) is 10.9. The van der Waals surface area contributed by atoms with Gasteiger partial charge in [-0.1, -0.05) is 43.7 Å². The Labute approximate surface area is 189 Å². The third-order valence-electron chi connectivity index (χ3n) is 5.46. The minimum Gasteiger partial charge on any atom is -0.494 e. The summed E-state index contributed by atoms with van der Waals surface area (Å²) in [7, 11) is 0. The van der Waals surface area contributed by atoms with Crippen LogP contribution in [-0.2, 0) is 6.54 Å². The second kappa shape index (κ2) is 10.1. The number of carbonyl (C=O) groups excluding carboxylic acids is 1. The lowest BCUT2D eigenvalue weighted by atomic mass is 10.1. The van der Waals surface area contributed by atoms with E-state index in [1.165, 1.54) is 0 Å². The minimum atomic E-state index is 0.00756. The highest BCUT2D eigenvalue weighted by Gasteiger charge is 2.20. The molecule has 3 aromatic carbocycles. The monoisotopic (exact) mass is 427 g/mol. The topological polar surface area (TPSA) is 47.4 Å². The summed E-state index contributed by atoms with van der Waals surface area (Å²) in [5.74, 6) is 1.64. The van der Waals surface area contributed by atoms with E-state index in [2.05, 4.69) is 29.7 Å². The number of aromatic nitrogens is 2. The number of amides is 1. The lowest BCUT2D eigenvalue weighted by Gasteiger charge is -2.23. The summed E-state index contributed by atoms with van der Waals surface area (Å²) in [6.45, 7) is 5.81. The van der Waals surface area contributed by atoms with Crippen molar-refractivity contribution < 1.29 is 9.53 Å². The van der Waals surface area contributed by atoms with Crippen LogP contribution in [0.5, 0.6) is 5.75 Å². The molecule has 1 heterocycles. The quantitative estimate of drug-likeness (QED) is 0.336. The smallest absolute Gasteiger partial charge is 0.254 e. The van der Waals surface area contributed by atoms with E-state index in [0.717, 1.165) is 41.1 Å². The highest BCUT2D eigenvalue weighted by Crippen LogP contribution is 2.23. The zero-order valence-corrected chi connectivity index (χ0v) is 18.7. The van der Waals surface area contributed by atoms with Gasteiger partial charge in [-0.3, -0.25) is 9.36 Å². The molecule has 0 radical (unpaired) electrons. The van der Waals surface area contributed by atoms with Gasteiger partial charge in [-0.05, 0) is 61.9 Å². The Kier molecular flexibility index (Phi) is 6.85. The van der Waals surface area contributed by atoms with Gasteiger partial charge in [0.25, 0.3) is 5.91 Å². The van der Waals surface area contributed by atoms with Gasteiger partial charge in [-0.15, -0.1) is 0 Å². The molecule has 1 aromatic heterocycles. The van der Waals surface area contributed by atoms with Crippen molar-refractivity contribution in [2.75, 3.05) is 13.2 Å². The third-order valence-corrected chi connectivity index (χ3v) is 5.46. The second-order valence-corrected chi connectivity index (χ2v) is 7.73. The van der Waals surface area contributed by atoms with Crippen molar-refractivity contribution in [3.05, 3.63) is 90.3 Å². The molecule has 0 atom stereocenters. The number of benzene rings is 3. The van der Waals surface area contributed by atoms with Crippen molar-refractivity contribution in [1.82, 2.24) is 14.5 Å². The minimum absolute atomic E-state index is 0.00756. The highest BCUT2D eigenvalue weighted by atomic mass is 16.5. The van der Waals surface area contributed by atoms with Crippen molar-refractivity contribution in [2.45, 2.75) is 33.2 Å². The largest absolute Gasteiger partial charge is 0.494 e. The summed E-state index contributed by atoms with van der Waals surface area (Å²) in [5.41, 5.74) is 3.67. The van der Waals surface area contributed by atoms with Gasteiger partial charge in [0.1, 0.15) is 11.6 Å². The molecule has 0 bridgehead atoms. The first-order valence-corrected chi connectivity index (χ1v) is 11.2. The number of fused-ring (bicyclic) bond motifs is 1. The van der Waals surface area contributed by atoms with Gasteiger partial charge in [-0.25, -0.2) is 4.98 Å². The van der Waals surface area contributed by atoms with Crippen molar-refractivity contribution in [3.63, 3.8) is 0 Å². The van der Waals surface area contributed by atoms with Crippen LogP contribution in [0.1, 0.15) is 42.9 Å². The molecule has 0 unspecified atom stereocenters. The summed E-state index contributed by atoms with van der Waals surface area (Å²) in [5, 5.41) is 0. The van der Waals surface area contributed by atoms with Crippen LogP contribution in [0.4, 0.5) is 0 Å². The van der Waals surface area contributed by atoms with E-state index in [9.17, 15) is 4.79 Å². The van der Waals surface area contributed by atoms with E-state index in [0.29, 0.717) is 25.3 Å². The van der Waals surface area contributed by atoms with Crippen LogP contribution in [0.2, 0.25) is 0 Å². The zero-order valence-electron chi connectivity index (χ0n) is 18.7. The predicted molar refractivity (Wildman–Crippen MR) is 128 cm³/mol. The Morgan fingerprint density at radius 2 is 1.66 bits per heavy atom. The summed E-state index contributed by atoms with van der Waals surface area (Å²) in [6.07, 6.45) is 1.95. The number of hydrogen-bond donors (Lipinski definition) is 0. The van der Waals surface area contributed by atoms with Crippen molar-refractivity contribution in [3.8, 4) is 11.4 Å². The molecule has 32 heavy (non-hydrogen) atoms. The number of carbonyl (C=O) groups is 1. The Hall–Kier alpha value is -3.60. The third kappa shape index (κ3) is 4.67. The molecule has 5 nitrogen and oxygen atoms in total. The van der Waals surface area contributed by atoms with Crippen molar-refractivity contribution in [1.29, 1.82) is 0 Å². The average molecular weight is 428 g/mol. The molecule has 164 valence electrons. The predicted octanol–water partition coefficient (Wildman–Crippen LogP) is 5.87. The number of nitrogens with zero attached hydrogens (tertiary/aromatic N) is 3. The van der Waals surface area contributed by atoms with Gasteiger partial charge in [0.2, 0.25) is 0 Å². The first kappa shape index (κ1) is 21.6. The summed E-state index contributed by atoms with van der Waals surface area (Å²) >= 11 is 0. The van der Waals surface area contributed by atoms with E-state index < -0.39 is 0 Å². The first-order chi connectivity index (χ1) is 15.7. The summed E-state index contributed by atoms with van der Waals surface area (Å²) in [6, 6.07) is 25.7. The number of ether oxygens (including phenoxy) is 1. The summed E-state index contributed by atoms with van der Waals surface area (Å²) < 4.78 is 7.67. The van der Waals surface area contributed by atoms with Gasteiger partial charge in [-0.2, -0.15) is 0 Å². The van der Waals surface area contributed by atoms with Crippen LogP contribution in [0.15, 0.2) is 78.9 Å². The van der Waals surface area contributed by atoms with Gasteiger partial charge >= 0.3 is 0 Å². The Bertz CT molecular complexity index is 1170. The maximum Gasteiger partial charge on any atom is 0.254 e. The van der Waals surface area contributed by atoms with E-state index in [4.69, 9.17) is 9.72 Å². The molecular formula is C27H29N3O2. The van der Waals surface area contributed by atoms with Crippen LogP contribution in [0.3, 0.4) is 0 Å². The van der Waals surface area contributed by atoms with Crippen LogP contribution >= 0.6 is 0 Å².